The number of carboxylic acid groups (broad SMARTS) is 1. The lowest BCUT2D eigenvalue weighted by molar-refractivity contribution is -0.138. The molecule has 0 aliphatic heterocycles. The molecule has 0 amide bonds. The Morgan fingerprint density at radius 1 is 1.14 bits per heavy atom. The van der Waals surface area contributed by atoms with E-state index >= 15 is 0 Å². The van der Waals surface area contributed by atoms with Crippen molar-refractivity contribution < 1.29 is 19.7 Å². The van der Waals surface area contributed by atoms with E-state index < -0.39 is 17.7 Å². The maximum Gasteiger partial charge on any atom is 0.320 e. The van der Waals surface area contributed by atoms with Crippen molar-refractivity contribution in [1.82, 2.24) is 0 Å². The highest BCUT2D eigenvalue weighted by atomic mass is 16.5. The van der Waals surface area contributed by atoms with Crippen LogP contribution in [0.2, 0.25) is 0 Å². The maximum atomic E-state index is 11.2. The number of hydrogen-bond donors (Lipinski definition) is 4. The van der Waals surface area contributed by atoms with Gasteiger partial charge in [0.05, 0.1) is 0 Å². The molecule has 3 atom stereocenters. The summed E-state index contributed by atoms with van der Waals surface area (Å²) in [6.07, 6.45) is 8.30. The number of carboxylic acids is 1. The van der Waals surface area contributed by atoms with Gasteiger partial charge in [0.1, 0.15) is 17.9 Å². The molecule has 2 rings (SSSR count). The Hall–Kier alpha value is -2.15. The molecule has 0 saturated carbocycles. The van der Waals surface area contributed by atoms with Crippen molar-refractivity contribution in [3.63, 3.8) is 0 Å². The number of aliphatic carboxylic acids is 1. The van der Waals surface area contributed by atoms with Crippen LogP contribution in [0.3, 0.4) is 0 Å². The fourth-order valence-corrected chi connectivity index (χ4v) is 3.34. The topological polar surface area (TPSA) is 119 Å². The van der Waals surface area contributed by atoms with Gasteiger partial charge in [0.25, 0.3) is 0 Å². The van der Waals surface area contributed by atoms with E-state index in [1.807, 2.05) is 12.1 Å². The van der Waals surface area contributed by atoms with Crippen molar-refractivity contribution >= 4 is 5.97 Å². The van der Waals surface area contributed by atoms with Gasteiger partial charge in [-0.05, 0) is 72.1 Å². The number of hydrogen-bond acceptors (Lipinski definition) is 5. The van der Waals surface area contributed by atoms with E-state index in [0.29, 0.717) is 0 Å². The molecule has 6 N–H and O–H groups in total. The standard InChI is InChI=1S/C23H34N2O4/c1-5-14(3)18-11-16(13-20(24)22(26)27)12-19(15(4)6-2)21(18)29-17-7-9-23(25,28)10-8-17/h7-12,14-15,17,20,28H,5-6,13,24-25H2,1-4H3,(H,26,27). The fraction of sp³-hybridized carbons (Fsp3) is 0.522. The number of benzene rings is 1. The first kappa shape index (κ1) is 23.1. The zero-order chi connectivity index (χ0) is 21.8. The minimum atomic E-state index is -1.45. The first-order valence-electron chi connectivity index (χ1n) is 10.3. The van der Waals surface area contributed by atoms with Gasteiger partial charge in [0, 0.05) is 0 Å². The predicted molar refractivity (Wildman–Crippen MR) is 115 cm³/mol. The van der Waals surface area contributed by atoms with Crippen LogP contribution in [0.25, 0.3) is 0 Å². The molecular formula is C23H34N2O4. The summed E-state index contributed by atoms with van der Waals surface area (Å²) >= 11 is 0. The summed E-state index contributed by atoms with van der Waals surface area (Å²) in [6, 6.07) is 3.10. The molecule has 29 heavy (non-hydrogen) atoms. The van der Waals surface area contributed by atoms with E-state index in [2.05, 4.69) is 27.7 Å². The van der Waals surface area contributed by atoms with Crippen molar-refractivity contribution in [3.05, 3.63) is 53.1 Å². The SMILES string of the molecule is CCC(C)c1cc(CC(N)C(=O)O)cc(C(C)CC)c1OC1C=CC(N)(O)C=C1. The zero-order valence-corrected chi connectivity index (χ0v) is 17.8. The van der Waals surface area contributed by atoms with Crippen molar-refractivity contribution in [2.75, 3.05) is 0 Å². The van der Waals surface area contributed by atoms with Crippen LogP contribution in [-0.2, 0) is 11.2 Å². The van der Waals surface area contributed by atoms with Gasteiger partial charge in [-0.2, -0.15) is 0 Å². The molecule has 1 aliphatic carbocycles. The molecule has 6 nitrogen and oxygen atoms in total. The highest BCUT2D eigenvalue weighted by molar-refractivity contribution is 5.73. The normalized spacial score (nSPS) is 24.2. The largest absolute Gasteiger partial charge is 0.482 e. The van der Waals surface area contributed by atoms with Crippen molar-refractivity contribution in [3.8, 4) is 5.75 Å². The summed E-state index contributed by atoms with van der Waals surface area (Å²) in [5.74, 6) is 0.281. The quantitative estimate of drug-likeness (QED) is 0.372. The van der Waals surface area contributed by atoms with Crippen molar-refractivity contribution in [1.29, 1.82) is 0 Å². The Kier molecular flexibility index (Phi) is 7.63. The van der Waals surface area contributed by atoms with E-state index in [0.717, 1.165) is 35.3 Å². The van der Waals surface area contributed by atoms with Crippen molar-refractivity contribution in [2.45, 2.75) is 76.7 Å². The van der Waals surface area contributed by atoms with Crippen LogP contribution in [0, 0.1) is 0 Å². The Bertz CT molecular complexity index is 738. The first-order valence-corrected chi connectivity index (χ1v) is 10.3. The monoisotopic (exact) mass is 402 g/mol. The molecule has 0 aromatic heterocycles. The molecule has 1 aromatic rings. The lowest BCUT2D eigenvalue weighted by Gasteiger charge is -2.28. The Morgan fingerprint density at radius 3 is 2.03 bits per heavy atom. The molecule has 3 unspecified atom stereocenters. The lowest BCUT2D eigenvalue weighted by atomic mass is 9.86. The number of aliphatic hydroxyl groups is 1. The fourth-order valence-electron chi connectivity index (χ4n) is 3.34. The van der Waals surface area contributed by atoms with Crippen molar-refractivity contribution in [2.24, 2.45) is 11.5 Å². The maximum absolute atomic E-state index is 11.2. The summed E-state index contributed by atoms with van der Waals surface area (Å²) < 4.78 is 6.38. The van der Waals surface area contributed by atoms with Crippen LogP contribution in [0.4, 0.5) is 0 Å². The summed E-state index contributed by atoms with van der Waals surface area (Å²) in [4.78, 5) is 11.2. The molecule has 0 heterocycles. The smallest absolute Gasteiger partial charge is 0.320 e. The Morgan fingerprint density at radius 2 is 1.62 bits per heavy atom. The summed E-state index contributed by atoms with van der Waals surface area (Å²) in [7, 11) is 0. The van der Waals surface area contributed by atoms with Crippen LogP contribution in [0.15, 0.2) is 36.4 Å². The van der Waals surface area contributed by atoms with Crippen LogP contribution < -0.4 is 16.2 Å². The molecule has 0 saturated heterocycles. The molecular weight excluding hydrogens is 368 g/mol. The number of ether oxygens (including phenoxy) is 1. The molecule has 1 aliphatic rings. The van der Waals surface area contributed by atoms with Gasteiger partial charge >= 0.3 is 5.97 Å². The van der Waals surface area contributed by atoms with Gasteiger partial charge < -0.3 is 20.7 Å². The third-order valence-electron chi connectivity index (χ3n) is 5.63. The third kappa shape index (κ3) is 5.92. The Labute approximate surface area is 173 Å². The molecule has 0 radical (unpaired) electrons. The molecule has 1 aromatic carbocycles. The first-order chi connectivity index (χ1) is 13.6. The lowest BCUT2D eigenvalue weighted by Crippen LogP contribution is -2.37. The van der Waals surface area contributed by atoms with Crippen LogP contribution in [0.5, 0.6) is 5.75 Å². The second-order valence-electron chi connectivity index (χ2n) is 8.06. The molecule has 0 bridgehead atoms. The number of nitrogens with two attached hydrogens (primary N) is 2. The average Bonchev–Trinajstić information content (AvgIpc) is 2.68. The van der Waals surface area contributed by atoms with Gasteiger partial charge in [0.2, 0.25) is 0 Å². The summed E-state index contributed by atoms with van der Waals surface area (Å²) in [5.41, 5.74) is 13.0. The van der Waals surface area contributed by atoms with E-state index in [1.54, 1.807) is 12.2 Å². The highest BCUT2D eigenvalue weighted by Crippen LogP contribution is 2.39. The van der Waals surface area contributed by atoms with E-state index in [4.69, 9.17) is 16.2 Å². The molecule has 0 fully saturated rings. The van der Waals surface area contributed by atoms with E-state index in [9.17, 15) is 15.0 Å². The van der Waals surface area contributed by atoms with E-state index in [-0.39, 0.29) is 24.4 Å². The van der Waals surface area contributed by atoms with Gasteiger partial charge in [-0.1, -0.05) is 39.8 Å². The average molecular weight is 403 g/mol. The minimum absolute atomic E-state index is 0.233. The third-order valence-corrected chi connectivity index (χ3v) is 5.63. The summed E-state index contributed by atoms with van der Waals surface area (Å²) in [5, 5.41) is 19.1. The highest BCUT2D eigenvalue weighted by Gasteiger charge is 2.25. The Balaban J connectivity index is 2.51. The van der Waals surface area contributed by atoms with Gasteiger partial charge in [-0.15, -0.1) is 0 Å². The second kappa shape index (κ2) is 9.57. The van der Waals surface area contributed by atoms with Crippen LogP contribution in [0.1, 0.15) is 69.1 Å². The number of rotatable bonds is 9. The minimum Gasteiger partial charge on any atom is -0.482 e. The molecule has 160 valence electrons. The van der Waals surface area contributed by atoms with E-state index in [1.165, 1.54) is 12.2 Å². The van der Waals surface area contributed by atoms with Crippen LogP contribution >= 0.6 is 0 Å². The van der Waals surface area contributed by atoms with Gasteiger partial charge in [0.15, 0.2) is 5.72 Å². The van der Waals surface area contributed by atoms with Crippen LogP contribution in [-0.4, -0.2) is 34.1 Å². The number of carbonyl (C=O) groups is 1. The van der Waals surface area contributed by atoms with Gasteiger partial charge in [-0.3, -0.25) is 10.5 Å². The predicted octanol–water partition coefficient (Wildman–Crippen LogP) is 3.19. The zero-order valence-electron chi connectivity index (χ0n) is 17.8. The second-order valence-corrected chi connectivity index (χ2v) is 8.06. The molecule has 0 spiro atoms. The summed E-state index contributed by atoms with van der Waals surface area (Å²) in [6.45, 7) is 8.49. The molecule has 6 heteroatoms. The van der Waals surface area contributed by atoms with Gasteiger partial charge in [-0.25, -0.2) is 0 Å².